The summed E-state index contributed by atoms with van der Waals surface area (Å²) in [6.45, 7) is 2.10. The van der Waals surface area contributed by atoms with Crippen LogP contribution in [0.25, 0.3) is 0 Å². The van der Waals surface area contributed by atoms with Gasteiger partial charge in [-0.3, -0.25) is 0 Å². The molecule has 0 heterocycles. The van der Waals surface area contributed by atoms with Crippen LogP contribution in [-0.4, -0.2) is 0 Å². The Bertz CT molecular complexity index is 572. The number of ether oxygens (including phenoxy) is 1. The lowest BCUT2D eigenvalue weighted by Crippen LogP contribution is -2.09. The average molecular weight is 324 g/mol. The number of rotatable bonds is 4. The maximum atomic E-state index is 13.8. The van der Waals surface area contributed by atoms with Crippen molar-refractivity contribution in [3.63, 3.8) is 0 Å². The molecule has 2 rings (SSSR count). The van der Waals surface area contributed by atoms with E-state index in [-0.39, 0.29) is 17.6 Å². The molecule has 2 nitrogen and oxygen atoms in total. The maximum Gasteiger partial charge on any atom is 0.165 e. The monoisotopic (exact) mass is 323 g/mol. The summed E-state index contributed by atoms with van der Waals surface area (Å²) in [5, 5.41) is 0. The number of para-hydroxylation sites is 1. The first kappa shape index (κ1) is 14.0. The molecule has 2 N–H and O–H groups in total. The van der Waals surface area contributed by atoms with Crippen LogP contribution in [0.3, 0.4) is 0 Å². The fraction of sp³-hybridized carbons (Fsp3) is 0.200. The van der Waals surface area contributed by atoms with Gasteiger partial charge in [0.1, 0.15) is 6.61 Å². The molecule has 100 valence electrons. The minimum absolute atomic E-state index is 0.230. The molecular weight excluding hydrogens is 309 g/mol. The van der Waals surface area contributed by atoms with E-state index in [1.807, 2.05) is 24.3 Å². The molecule has 0 aliphatic heterocycles. The van der Waals surface area contributed by atoms with E-state index in [1.165, 1.54) is 6.07 Å². The van der Waals surface area contributed by atoms with E-state index in [0.29, 0.717) is 12.2 Å². The summed E-state index contributed by atoms with van der Waals surface area (Å²) in [7, 11) is 0. The molecule has 0 amide bonds. The van der Waals surface area contributed by atoms with Gasteiger partial charge in [0, 0.05) is 21.6 Å². The van der Waals surface area contributed by atoms with Gasteiger partial charge in [0.05, 0.1) is 0 Å². The highest BCUT2D eigenvalue weighted by Gasteiger charge is 2.13. The lowest BCUT2D eigenvalue weighted by Gasteiger charge is -2.15. The van der Waals surface area contributed by atoms with Crippen molar-refractivity contribution in [1.82, 2.24) is 0 Å². The van der Waals surface area contributed by atoms with Crippen LogP contribution in [0.1, 0.15) is 24.1 Å². The van der Waals surface area contributed by atoms with Gasteiger partial charge in [-0.1, -0.05) is 46.3 Å². The van der Waals surface area contributed by atoms with Crippen LogP contribution in [0.2, 0.25) is 0 Å². The molecule has 0 spiro atoms. The molecule has 19 heavy (non-hydrogen) atoms. The molecule has 0 aromatic heterocycles. The number of hydrogen-bond acceptors (Lipinski definition) is 2. The van der Waals surface area contributed by atoms with Gasteiger partial charge in [-0.2, -0.15) is 0 Å². The highest BCUT2D eigenvalue weighted by atomic mass is 79.9. The molecular formula is C15H15BrFNO. The molecule has 2 aromatic rings. The van der Waals surface area contributed by atoms with E-state index in [1.54, 1.807) is 19.1 Å². The summed E-state index contributed by atoms with van der Waals surface area (Å²) in [5.74, 6) is -0.157. The lowest BCUT2D eigenvalue weighted by atomic mass is 10.1. The second-order valence-corrected chi connectivity index (χ2v) is 5.18. The van der Waals surface area contributed by atoms with E-state index in [9.17, 15) is 4.39 Å². The molecule has 4 heteroatoms. The Morgan fingerprint density at radius 2 is 1.95 bits per heavy atom. The number of nitrogens with two attached hydrogens (primary N) is 1. The maximum absolute atomic E-state index is 13.8. The Morgan fingerprint density at radius 1 is 1.21 bits per heavy atom. The van der Waals surface area contributed by atoms with Crippen LogP contribution in [-0.2, 0) is 6.61 Å². The van der Waals surface area contributed by atoms with Gasteiger partial charge in [-0.15, -0.1) is 0 Å². The van der Waals surface area contributed by atoms with Crippen molar-refractivity contribution in [2.75, 3.05) is 0 Å². The van der Waals surface area contributed by atoms with Crippen molar-refractivity contribution < 1.29 is 9.13 Å². The van der Waals surface area contributed by atoms with Crippen LogP contribution in [0.4, 0.5) is 4.39 Å². The quantitative estimate of drug-likeness (QED) is 0.915. The minimum atomic E-state index is -0.387. The van der Waals surface area contributed by atoms with Crippen LogP contribution < -0.4 is 10.5 Å². The highest BCUT2D eigenvalue weighted by Crippen LogP contribution is 2.28. The lowest BCUT2D eigenvalue weighted by molar-refractivity contribution is 0.285. The van der Waals surface area contributed by atoms with E-state index < -0.39 is 0 Å². The van der Waals surface area contributed by atoms with Gasteiger partial charge in [0.25, 0.3) is 0 Å². The summed E-state index contributed by atoms with van der Waals surface area (Å²) in [6.07, 6.45) is 0. The predicted octanol–water partition coefficient (Wildman–Crippen LogP) is 4.19. The fourth-order valence-corrected chi connectivity index (χ4v) is 2.20. The van der Waals surface area contributed by atoms with E-state index in [0.717, 1.165) is 10.0 Å². The van der Waals surface area contributed by atoms with Crippen molar-refractivity contribution in [1.29, 1.82) is 0 Å². The molecule has 0 bridgehead atoms. The van der Waals surface area contributed by atoms with Gasteiger partial charge in [-0.05, 0) is 19.1 Å². The van der Waals surface area contributed by atoms with E-state index in [4.69, 9.17) is 10.5 Å². The van der Waals surface area contributed by atoms with Gasteiger partial charge < -0.3 is 10.5 Å². The summed E-state index contributed by atoms with van der Waals surface area (Å²) in [6, 6.07) is 12.2. The minimum Gasteiger partial charge on any atom is -0.485 e. The molecule has 1 atom stereocenters. The van der Waals surface area contributed by atoms with Crippen molar-refractivity contribution >= 4 is 15.9 Å². The first-order valence-corrected chi connectivity index (χ1v) is 6.79. The largest absolute Gasteiger partial charge is 0.485 e. The Hall–Kier alpha value is -1.39. The van der Waals surface area contributed by atoms with Crippen molar-refractivity contribution in [2.45, 2.75) is 19.6 Å². The zero-order valence-corrected chi connectivity index (χ0v) is 12.2. The van der Waals surface area contributed by atoms with Crippen molar-refractivity contribution in [2.24, 2.45) is 5.73 Å². The normalized spacial score (nSPS) is 12.2. The molecule has 0 fully saturated rings. The third-order valence-corrected chi connectivity index (χ3v) is 3.59. The number of halogens is 2. The third-order valence-electron chi connectivity index (χ3n) is 2.82. The van der Waals surface area contributed by atoms with Gasteiger partial charge in [-0.25, -0.2) is 4.39 Å². The van der Waals surface area contributed by atoms with E-state index >= 15 is 0 Å². The van der Waals surface area contributed by atoms with Crippen molar-refractivity contribution in [3.05, 3.63) is 63.9 Å². The predicted molar refractivity (Wildman–Crippen MR) is 77.5 cm³/mol. The standard InChI is InChI=1S/C15H15BrFNO/c1-10(18)12-6-4-8-14(17)15(12)19-9-11-5-2-3-7-13(11)16/h2-8,10H,9,18H2,1H3/t10-/m0/s1. The molecule has 0 aliphatic rings. The Balaban J connectivity index is 2.22. The number of benzene rings is 2. The van der Waals surface area contributed by atoms with Crippen LogP contribution in [0, 0.1) is 5.82 Å². The summed E-state index contributed by atoms with van der Waals surface area (Å²) in [4.78, 5) is 0. The molecule has 0 saturated heterocycles. The topological polar surface area (TPSA) is 35.2 Å². The molecule has 0 saturated carbocycles. The third kappa shape index (κ3) is 3.33. The Morgan fingerprint density at radius 3 is 2.63 bits per heavy atom. The molecule has 2 aromatic carbocycles. The Kier molecular flexibility index (Phi) is 4.56. The molecule has 0 unspecified atom stereocenters. The van der Waals surface area contributed by atoms with Gasteiger partial charge in [0.15, 0.2) is 11.6 Å². The fourth-order valence-electron chi connectivity index (χ4n) is 1.80. The zero-order valence-electron chi connectivity index (χ0n) is 10.6. The van der Waals surface area contributed by atoms with Crippen LogP contribution in [0.5, 0.6) is 5.75 Å². The first-order chi connectivity index (χ1) is 9.09. The first-order valence-electron chi connectivity index (χ1n) is 6.00. The Labute approximate surface area is 120 Å². The summed E-state index contributed by atoms with van der Waals surface area (Å²) >= 11 is 3.44. The second kappa shape index (κ2) is 6.17. The summed E-state index contributed by atoms with van der Waals surface area (Å²) < 4.78 is 20.4. The number of hydrogen-bond donors (Lipinski definition) is 1. The average Bonchev–Trinajstić information content (AvgIpc) is 2.38. The smallest absolute Gasteiger partial charge is 0.165 e. The van der Waals surface area contributed by atoms with Gasteiger partial charge in [0.2, 0.25) is 0 Å². The van der Waals surface area contributed by atoms with Crippen molar-refractivity contribution in [3.8, 4) is 5.75 Å². The SMILES string of the molecule is C[C@H](N)c1cccc(F)c1OCc1ccccc1Br. The van der Waals surface area contributed by atoms with Crippen LogP contribution >= 0.6 is 15.9 Å². The highest BCUT2D eigenvalue weighted by molar-refractivity contribution is 9.10. The molecule has 0 aliphatic carbocycles. The second-order valence-electron chi connectivity index (χ2n) is 4.33. The zero-order chi connectivity index (χ0) is 13.8. The van der Waals surface area contributed by atoms with E-state index in [2.05, 4.69) is 15.9 Å². The van der Waals surface area contributed by atoms with Crippen LogP contribution in [0.15, 0.2) is 46.9 Å². The van der Waals surface area contributed by atoms with Gasteiger partial charge >= 0.3 is 0 Å². The molecule has 0 radical (unpaired) electrons. The summed E-state index contributed by atoms with van der Waals surface area (Å²) in [5.41, 5.74) is 7.46.